The van der Waals surface area contributed by atoms with E-state index >= 15 is 0 Å². The fourth-order valence-corrected chi connectivity index (χ4v) is 9.08. The van der Waals surface area contributed by atoms with Gasteiger partial charge in [-0.05, 0) is 96.6 Å². The number of piperidine rings is 2. The summed E-state index contributed by atoms with van der Waals surface area (Å²) in [4.78, 5) is 17.0. The Labute approximate surface area is 268 Å². The number of likely N-dealkylation sites (tertiary alicyclic amines) is 2. The Morgan fingerprint density at radius 2 is 0.767 bits per heavy atom. The van der Waals surface area contributed by atoms with E-state index in [0.717, 1.165) is 23.9 Å². The van der Waals surface area contributed by atoms with Crippen molar-refractivity contribution in [3.05, 3.63) is 0 Å². The first-order valence-corrected chi connectivity index (χ1v) is 18.2. The highest BCUT2D eigenvalue weighted by atomic mass is 15.3. The van der Waals surface area contributed by atoms with Crippen molar-refractivity contribution in [2.24, 2.45) is 22.7 Å². The molecular weight excluding hydrogens is 528 g/mol. The van der Waals surface area contributed by atoms with Gasteiger partial charge in [-0.1, -0.05) is 41.5 Å². The maximum atomic E-state index is 2.94. The molecule has 0 aromatic heterocycles. The second kappa shape index (κ2) is 13.9. The highest BCUT2D eigenvalue weighted by Gasteiger charge is 2.42. The van der Waals surface area contributed by atoms with Gasteiger partial charge in [0.2, 0.25) is 0 Å². The molecule has 4 fully saturated rings. The lowest BCUT2D eigenvalue weighted by Gasteiger charge is -2.53. The van der Waals surface area contributed by atoms with E-state index in [4.69, 9.17) is 0 Å². The van der Waals surface area contributed by atoms with Crippen molar-refractivity contribution in [3.63, 3.8) is 0 Å². The minimum Gasteiger partial charge on any atom is -0.302 e. The Balaban J connectivity index is 1.52. The van der Waals surface area contributed by atoms with Crippen LogP contribution in [0.15, 0.2) is 0 Å². The molecule has 4 heterocycles. The van der Waals surface area contributed by atoms with Gasteiger partial charge >= 0.3 is 0 Å². The van der Waals surface area contributed by atoms with Gasteiger partial charge in [0.05, 0.1) is 0 Å². The average Bonchev–Trinajstić information content (AvgIpc) is 2.86. The zero-order valence-corrected chi connectivity index (χ0v) is 31.0. The summed E-state index contributed by atoms with van der Waals surface area (Å²) in [5, 5.41) is 0. The molecule has 0 amide bonds. The largest absolute Gasteiger partial charge is 0.302 e. The zero-order chi connectivity index (χ0) is 31.8. The maximum Gasteiger partial charge on any atom is 0.0149 e. The molecule has 252 valence electrons. The number of rotatable bonds is 6. The average molecular weight is 603 g/mol. The molecular formula is C37H74N6. The van der Waals surface area contributed by atoms with Gasteiger partial charge in [0.15, 0.2) is 0 Å². The third-order valence-electron chi connectivity index (χ3n) is 11.0. The molecule has 3 unspecified atom stereocenters. The molecule has 4 saturated heterocycles. The second-order valence-electron chi connectivity index (χ2n) is 19.4. The van der Waals surface area contributed by atoms with Crippen LogP contribution in [-0.2, 0) is 0 Å². The number of hydrogen-bond donors (Lipinski definition) is 0. The van der Waals surface area contributed by atoms with Crippen LogP contribution in [0.5, 0.6) is 0 Å². The molecule has 4 atom stereocenters. The Kier molecular flexibility index (Phi) is 11.5. The molecule has 0 radical (unpaired) electrons. The van der Waals surface area contributed by atoms with Crippen molar-refractivity contribution in [3.8, 4) is 0 Å². The van der Waals surface area contributed by atoms with Crippen LogP contribution in [0.3, 0.4) is 0 Å². The molecule has 0 bridgehead atoms. The van der Waals surface area contributed by atoms with Crippen LogP contribution in [0.25, 0.3) is 0 Å². The van der Waals surface area contributed by atoms with Crippen LogP contribution in [0.1, 0.15) is 102 Å². The van der Waals surface area contributed by atoms with Crippen molar-refractivity contribution in [2.45, 2.75) is 126 Å². The minimum atomic E-state index is 0.282. The van der Waals surface area contributed by atoms with E-state index in [9.17, 15) is 0 Å². The van der Waals surface area contributed by atoms with Crippen molar-refractivity contribution >= 4 is 0 Å². The molecule has 0 aromatic carbocycles. The normalized spacial score (nSPS) is 31.5. The number of piperazine rings is 2. The molecule has 6 nitrogen and oxygen atoms in total. The maximum absolute atomic E-state index is 2.94. The van der Waals surface area contributed by atoms with Gasteiger partial charge in [0.1, 0.15) is 0 Å². The summed E-state index contributed by atoms with van der Waals surface area (Å²) in [5.74, 6) is 1.55. The number of hydrogen-bond acceptors (Lipinski definition) is 6. The van der Waals surface area contributed by atoms with E-state index in [2.05, 4.69) is 112 Å². The highest BCUT2D eigenvalue weighted by molar-refractivity contribution is 4.97. The summed E-state index contributed by atoms with van der Waals surface area (Å²) in [6, 6.07) is 1.49. The van der Waals surface area contributed by atoms with Gasteiger partial charge in [0, 0.05) is 102 Å². The molecule has 0 spiro atoms. The van der Waals surface area contributed by atoms with Gasteiger partial charge < -0.3 is 9.80 Å². The predicted octanol–water partition coefficient (Wildman–Crippen LogP) is 5.68. The first-order chi connectivity index (χ1) is 19.8. The summed E-state index contributed by atoms with van der Waals surface area (Å²) in [5.41, 5.74) is 1.29. The van der Waals surface area contributed by atoms with E-state index in [1.54, 1.807) is 0 Å². The SMILES string of the molecule is CC(C)(C)CN1CCC(N2CCN(C(C)(C)C)CC2)C(C[C@@H]2CN(CC(C)(C)C)CCC2N2CCN(C(C)(C)C)CC2)C1. The lowest BCUT2D eigenvalue weighted by molar-refractivity contribution is -0.0353. The Bertz CT molecular complexity index is 774. The summed E-state index contributed by atoms with van der Waals surface area (Å²) >= 11 is 0. The van der Waals surface area contributed by atoms with Crippen LogP contribution >= 0.6 is 0 Å². The van der Waals surface area contributed by atoms with Crippen molar-refractivity contribution in [1.29, 1.82) is 0 Å². The van der Waals surface area contributed by atoms with Crippen molar-refractivity contribution < 1.29 is 0 Å². The third kappa shape index (κ3) is 10.4. The first-order valence-electron chi connectivity index (χ1n) is 18.2. The Morgan fingerprint density at radius 3 is 1.05 bits per heavy atom. The molecule has 4 aliphatic rings. The van der Waals surface area contributed by atoms with E-state index in [0.29, 0.717) is 10.8 Å². The smallest absolute Gasteiger partial charge is 0.0149 e. The minimum absolute atomic E-state index is 0.282. The van der Waals surface area contributed by atoms with Crippen molar-refractivity contribution in [1.82, 2.24) is 29.4 Å². The van der Waals surface area contributed by atoms with E-state index in [1.165, 1.54) is 111 Å². The highest BCUT2D eigenvalue weighted by Crippen LogP contribution is 2.36. The Hall–Kier alpha value is -0.240. The number of nitrogens with zero attached hydrogens (tertiary/aromatic N) is 6. The van der Waals surface area contributed by atoms with Crippen LogP contribution < -0.4 is 0 Å². The van der Waals surface area contributed by atoms with Crippen LogP contribution in [0.4, 0.5) is 0 Å². The predicted molar refractivity (Wildman–Crippen MR) is 186 cm³/mol. The lowest BCUT2D eigenvalue weighted by atomic mass is 9.77. The van der Waals surface area contributed by atoms with Gasteiger partial charge in [0.25, 0.3) is 0 Å². The standard InChI is InChI=1S/C37H74N6/c1-34(2,3)28-38-15-13-32(40-17-21-42(22-18-40)36(7,8)9)30(26-38)25-31-27-39(29-35(4,5)6)16-14-33(31)41-19-23-43(24-20-41)37(10,11)12/h30-33H,13-29H2,1-12H3/t30-,31?,32?,33?/m1/s1. The fraction of sp³-hybridized carbons (Fsp3) is 1.00. The van der Waals surface area contributed by atoms with Gasteiger partial charge in [-0.25, -0.2) is 0 Å². The molecule has 43 heavy (non-hydrogen) atoms. The Morgan fingerprint density at radius 1 is 0.442 bits per heavy atom. The molecule has 0 aromatic rings. The van der Waals surface area contributed by atoms with Crippen LogP contribution in [0.2, 0.25) is 0 Å². The molecule has 6 heteroatoms. The second-order valence-corrected chi connectivity index (χ2v) is 19.4. The third-order valence-corrected chi connectivity index (χ3v) is 11.0. The summed E-state index contributed by atoms with van der Waals surface area (Å²) < 4.78 is 0. The molecule has 4 aliphatic heterocycles. The molecule has 0 saturated carbocycles. The van der Waals surface area contributed by atoms with E-state index in [-0.39, 0.29) is 11.1 Å². The van der Waals surface area contributed by atoms with Gasteiger partial charge in [-0.2, -0.15) is 0 Å². The van der Waals surface area contributed by atoms with Gasteiger partial charge in [-0.3, -0.25) is 19.6 Å². The summed E-state index contributed by atoms with van der Waals surface area (Å²) in [6.07, 6.45) is 4.10. The fourth-order valence-electron chi connectivity index (χ4n) is 9.08. The van der Waals surface area contributed by atoms with E-state index < -0.39 is 0 Å². The molecule has 0 aliphatic carbocycles. The molecule has 0 N–H and O–H groups in total. The summed E-state index contributed by atoms with van der Waals surface area (Å²) in [7, 11) is 0. The zero-order valence-electron chi connectivity index (χ0n) is 31.0. The lowest BCUT2D eigenvalue weighted by Crippen LogP contribution is -2.62. The first kappa shape index (κ1) is 35.6. The monoisotopic (exact) mass is 603 g/mol. The van der Waals surface area contributed by atoms with E-state index in [1.807, 2.05) is 0 Å². The van der Waals surface area contributed by atoms with Crippen molar-refractivity contribution in [2.75, 3.05) is 91.6 Å². The summed E-state index contributed by atoms with van der Waals surface area (Å²) in [6.45, 7) is 46.4. The van der Waals surface area contributed by atoms with Crippen LogP contribution in [-0.4, -0.2) is 144 Å². The molecule has 4 rings (SSSR count). The topological polar surface area (TPSA) is 19.4 Å². The quantitative estimate of drug-likeness (QED) is 0.387. The van der Waals surface area contributed by atoms with Gasteiger partial charge in [-0.15, -0.1) is 0 Å². The van der Waals surface area contributed by atoms with Crippen LogP contribution in [0, 0.1) is 22.7 Å².